The fourth-order valence-electron chi connectivity index (χ4n) is 2.38. The van der Waals surface area contributed by atoms with Crippen LogP contribution in [0.2, 0.25) is 5.02 Å². The van der Waals surface area contributed by atoms with Gasteiger partial charge in [0.05, 0.1) is 0 Å². The average Bonchev–Trinajstić information content (AvgIpc) is 2.63. The smallest absolute Gasteiger partial charge is 0.274 e. The van der Waals surface area contributed by atoms with Crippen LogP contribution < -0.4 is 10.6 Å². The van der Waals surface area contributed by atoms with Gasteiger partial charge in [-0.15, -0.1) is 0 Å². The molecule has 1 amide bonds. The topological polar surface area (TPSA) is 66.9 Å². The lowest BCUT2D eigenvalue weighted by Gasteiger charge is -2.09. The van der Waals surface area contributed by atoms with Crippen LogP contribution in [0.5, 0.6) is 0 Å². The summed E-state index contributed by atoms with van der Waals surface area (Å²) in [5.74, 6) is 0.142. The maximum absolute atomic E-state index is 12.5. The molecule has 26 heavy (non-hydrogen) atoms. The average molecular weight is 367 g/mol. The predicted octanol–water partition coefficient (Wildman–Crippen LogP) is 4.61. The molecule has 0 saturated carbocycles. The second kappa shape index (κ2) is 7.97. The first-order valence-electron chi connectivity index (χ1n) is 8.21. The van der Waals surface area contributed by atoms with Crippen LogP contribution in [-0.2, 0) is 6.54 Å². The molecule has 3 rings (SSSR count). The van der Waals surface area contributed by atoms with E-state index in [0.29, 0.717) is 28.9 Å². The maximum atomic E-state index is 12.5. The van der Waals surface area contributed by atoms with Gasteiger partial charge in [-0.25, -0.2) is 9.97 Å². The minimum Gasteiger partial charge on any atom is -0.350 e. The maximum Gasteiger partial charge on any atom is 0.274 e. The number of nitrogens with zero attached hydrogens (tertiary/aromatic N) is 2. The van der Waals surface area contributed by atoms with Gasteiger partial charge in [0, 0.05) is 22.9 Å². The molecular weight excluding hydrogens is 348 g/mol. The number of halogens is 1. The molecule has 0 bridgehead atoms. The SMILES string of the molecule is Cc1ccc(NC(=O)c2cc(C)nc(NCc3ccc(Cl)cc3)n2)cc1. The Balaban J connectivity index is 1.71. The molecule has 132 valence electrons. The van der Waals surface area contributed by atoms with Crippen molar-refractivity contribution in [3.05, 3.63) is 82.1 Å². The van der Waals surface area contributed by atoms with E-state index in [1.54, 1.807) is 6.07 Å². The van der Waals surface area contributed by atoms with E-state index in [2.05, 4.69) is 20.6 Å². The zero-order valence-corrected chi connectivity index (χ0v) is 15.3. The van der Waals surface area contributed by atoms with E-state index >= 15 is 0 Å². The van der Waals surface area contributed by atoms with Gasteiger partial charge in [-0.1, -0.05) is 41.4 Å². The van der Waals surface area contributed by atoms with Gasteiger partial charge < -0.3 is 10.6 Å². The summed E-state index contributed by atoms with van der Waals surface area (Å²) in [6.45, 7) is 4.37. The third-order valence-corrected chi connectivity index (χ3v) is 4.01. The van der Waals surface area contributed by atoms with Crippen molar-refractivity contribution in [3.8, 4) is 0 Å². The highest BCUT2D eigenvalue weighted by molar-refractivity contribution is 6.30. The molecule has 2 N–H and O–H groups in total. The van der Waals surface area contributed by atoms with E-state index < -0.39 is 0 Å². The Hall–Kier alpha value is -2.92. The zero-order chi connectivity index (χ0) is 18.5. The summed E-state index contributed by atoms with van der Waals surface area (Å²) >= 11 is 5.89. The first-order chi connectivity index (χ1) is 12.5. The lowest BCUT2D eigenvalue weighted by atomic mass is 10.2. The van der Waals surface area contributed by atoms with Crippen LogP contribution in [0.25, 0.3) is 0 Å². The lowest BCUT2D eigenvalue weighted by molar-refractivity contribution is 0.102. The van der Waals surface area contributed by atoms with Crippen molar-refractivity contribution < 1.29 is 4.79 Å². The van der Waals surface area contributed by atoms with Gasteiger partial charge in [0.25, 0.3) is 5.91 Å². The van der Waals surface area contributed by atoms with Gasteiger partial charge in [-0.2, -0.15) is 0 Å². The normalized spacial score (nSPS) is 10.4. The van der Waals surface area contributed by atoms with Gasteiger partial charge in [0.1, 0.15) is 5.69 Å². The van der Waals surface area contributed by atoms with Crippen LogP contribution in [0, 0.1) is 13.8 Å². The summed E-state index contributed by atoms with van der Waals surface area (Å²) < 4.78 is 0. The number of carbonyl (C=O) groups is 1. The molecule has 6 heteroatoms. The molecule has 0 atom stereocenters. The largest absolute Gasteiger partial charge is 0.350 e. The molecule has 0 unspecified atom stereocenters. The molecule has 0 aliphatic carbocycles. The summed E-state index contributed by atoms with van der Waals surface area (Å²) in [6.07, 6.45) is 0. The minimum atomic E-state index is -0.270. The van der Waals surface area contributed by atoms with Crippen molar-refractivity contribution >= 4 is 29.1 Å². The molecule has 3 aromatic rings. The minimum absolute atomic E-state index is 0.270. The highest BCUT2D eigenvalue weighted by Gasteiger charge is 2.11. The second-order valence-corrected chi connectivity index (χ2v) is 6.45. The number of aromatic nitrogens is 2. The summed E-state index contributed by atoms with van der Waals surface area (Å²) in [5, 5.41) is 6.68. The number of hydrogen-bond donors (Lipinski definition) is 2. The third-order valence-electron chi connectivity index (χ3n) is 3.76. The Morgan fingerprint density at radius 1 is 1.00 bits per heavy atom. The van der Waals surface area contributed by atoms with Crippen molar-refractivity contribution in [1.29, 1.82) is 0 Å². The number of nitrogens with one attached hydrogen (secondary N) is 2. The molecule has 1 heterocycles. The Morgan fingerprint density at radius 2 is 1.69 bits per heavy atom. The first kappa shape index (κ1) is 17.9. The van der Waals surface area contributed by atoms with Crippen molar-refractivity contribution in [2.75, 3.05) is 10.6 Å². The number of rotatable bonds is 5. The molecule has 0 fully saturated rings. The van der Waals surface area contributed by atoms with E-state index in [0.717, 1.165) is 16.8 Å². The quantitative estimate of drug-likeness (QED) is 0.691. The molecule has 0 aliphatic heterocycles. The van der Waals surface area contributed by atoms with E-state index in [1.165, 1.54) is 0 Å². The summed E-state index contributed by atoms with van der Waals surface area (Å²) in [5.41, 5.74) is 3.94. The Labute approximate surface area is 157 Å². The first-order valence-corrected chi connectivity index (χ1v) is 8.59. The number of benzene rings is 2. The van der Waals surface area contributed by atoms with Gasteiger partial charge in [0.2, 0.25) is 5.95 Å². The van der Waals surface area contributed by atoms with Crippen molar-refractivity contribution in [2.45, 2.75) is 20.4 Å². The molecule has 5 nitrogen and oxygen atoms in total. The highest BCUT2D eigenvalue weighted by atomic mass is 35.5. The van der Waals surface area contributed by atoms with E-state index in [9.17, 15) is 4.79 Å². The fraction of sp³-hybridized carbons (Fsp3) is 0.150. The van der Waals surface area contributed by atoms with Crippen molar-refractivity contribution in [1.82, 2.24) is 9.97 Å². The number of aryl methyl sites for hydroxylation is 2. The molecule has 0 aliphatic rings. The molecule has 0 saturated heterocycles. The fourth-order valence-corrected chi connectivity index (χ4v) is 2.51. The van der Waals surface area contributed by atoms with Crippen molar-refractivity contribution in [3.63, 3.8) is 0 Å². The Kier molecular flexibility index (Phi) is 5.49. The number of amides is 1. The molecule has 2 aromatic carbocycles. The van der Waals surface area contributed by atoms with Crippen LogP contribution >= 0.6 is 11.6 Å². The number of carbonyl (C=O) groups excluding carboxylic acids is 1. The summed E-state index contributed by atoms with van der Waals surface area (Å²) in [7, 11) is 0. The Morgan fingerprint density at radius 3 is 2.38 bits per heavy atom. The highest BCUT2D eigenvalue weighted by Crippen LogP contribution is 2.13. The lowest BCUT2D eigenvalue weighted by Crippen LogP contribution is -2.16. The molecular formula is C20H19ClN4O. The van der Waals surface area contributed by atoms with Crippen LogP contribution in [0.4, 0.5) is 11.6 Å². The van der Waals surface area contributed by atoms with Crippen molar-refractivity contribution in [2.24, 2.45) is 0 Å². The van der Waals surface area contributed by atoms with E-state index in [4.69, 9.17) is 11.6 Å². The van der Waals surface area contributed by atoms with Gasteiger partial charge in [0.15, 0.2) is 0 Å². The predicted molar refractivity (Wildman–Crippen MR) is 105 cm³/mol. The van der Waals surface area contributed by atoms with Crippen LogP contribution in [0.1, 0.15) is 27.3 Å². The second-order valence-electron chi connectivity index (χ2n) is 6.02. The van der Waals surface area contributed by atoms with Crippen LogP contribution in [-0.4, -0.2) is 15.9 Å². The number of anilines is 2. The molecule has 0 spiro atoms. The standard InChI is InChI=1S/C20H19ClN4O/c1-13-3-9-17(10-4-13)24-19(26)18-11-14(2)23-20(25-18)22-12-15-5-7-16(21)8-6-15/h3-11H,12H2,1-2H3,(H,24,26)(H,22,23,25). The van der Waals surface area contributed by atoms with Gasteiger partial charge in [-0.3, -0.25) is 4.79 Å². The third kappa shape index (κ3) is 4.80. The van der Waals surface area contributed by atoms with Crippen LogP contribution in [0.15, 0.2) is 54.6 Å². The van der Waals surface area contributed by atoms with Gasteiger partial charge in [-0.05, 0) is 49.7 Å². The van der Waals surface area contributed by atoms with E-state index in [1.807, 2.05) is 62.4 Å². The monoisotopic (exact) mass is 366 g/mol. The number of hydrogen-bond acceptors (Lipinski definition) is 4. The zero-order valence-electron chi connectivity index (χ0n) is 14.6. The Bertz CT molecular complexity index is 908. The van der Waals surface area contributed by atoms with Gasteiger partial charge >= 0.3 is 0 Å². The van der Waals surface area contributed by atoms with E-state index in [-0.39, 0.29) is 5.91 Å². The molecule has 1 aromatic heterocycles. The van der Waals surface area contributed by atoms with Crippen LogP contribution in [0.3, 0.4) is 0 Å². The summed E-state index contributed by atoms with van der Waals surface area (Å²) in [4.78, 5) is 21.1. The molecule has 0 radical (unpaired) electrons. The summed E-state index contributed by atoms with van der Waals surface area (Å²) in [6, 6.07) is 16.8.